The molecule has 2 heterocycles. The third-order valence-electron chi connectivity index (χ3n) is 6.35. The molecule has 2 aliphatic rings. The zero-order chi connectivity index (χ0) is 25.2. The molecule has 2 aliphatic heterocycles. The fourth-order valence-electron chi connectivity index (χ4n) is 4.76. The molecule has 0 N–H and O–H groups in total. The molecule has 0 saturated heterocycles. The largest absolute Gasteiger partial charge is 0.467 e. The van der Waals surface area contributed by atoms with Crippen molar-refractivity contribution < 1.29 is 28.4 Å². The quantitative estimate of drug-likeness (QED) is 0.286. The Morgan fingerprint density at radius 1 is 0.676 bits per heavy atom. The smallest absolute Gasteiger partial charge is 0.222 e. The van der Waals surface area contributed by atoms with E-state index in [1.807, 2.05) is 91.0 Å². The van der Waals surface area contributed by atoms with Crippen LogP contribution in [0.15, 0.2) is 96.0 Å². The molecule has 0 atom stereocenters. The number of para-hydroxylation sites is 1. The van der Waals surface area contributed by atoms with Crippen LogP contribution in [-0.4, -0.2) is 33.7 Å². The summed E-state index contributed by atoms with van der Waals surface area (Å²) < 4.78 is 35.0. The van der Waals surface area contributed by atoms with Gasteiger partial charge in [-0.25, -0.2) is 4.99 Å². The molecule has 0 saturated carbocycles. The summed E-state index contributed by atoms with van der Waals surface area (Å²) in [4.78, 5) is 4.90. The third kappa shape index (κ3) is 3.98. The number of benzene rings is 4. The van der Waals surface area contributed by atoms with Crippen LogP contribution in [0.3, 0.4) is 0 Å². The number of fused-ring (bicyclic) bond motifs is 6. The summed E-state index contributed by atoms with van der Waals surface area (Å²) in [5.74, 6) is 2.97. The van der Waals surface area contributed by atoms with Crippen molar-refractivity contribution in [3.63, 3.8) is 0 Å². The molecule has 0 radical (unpaired) electrons. The number of aliphatic imine (C=N–C) groups is 1. The van der Waals surface area contributed by atoms with Crippen LogP contribution < -0.4 is 14.2 Å². The number of methoxy groups -OCH3 is 2. The molecule has 0 bridgehead atoms. The Kier molecular flexibility index (Phi) is 6.00. The average Bonchev–Trinajstić information content (AvgIpc) is 2.95. The van der Waals surface area contributed by atoms with Crippen molar-refractivity contribution in [3.8, 4) is 23.0 Å². The molecule has 0 unspecified atom stereocenters. The van der Waals surface area contributed by atoms with E-state index in [2.05, 4.69) is 0 Å². The van der Waals surface area contributed by atoms with Gasteiger partial charge < -0.3 is 28.4 Å². The van der Waals surface area contributed by atoms with Gasteiger partial charge in [0, 0.05) is 48.6 Å². The molecule has 37 heavy (non-hydrogen) atoms. The normalized spacial score (nSPS) is 14.4. The highest BCUT2D eigenvalue weighted by atomic mass is 16.7. The summed E-state index contributed by atoms with van der Waals surface area (Å²) in [5.41, 5.74) is 3.28. The summed E-state index contributed by atoms with van der Waals surface area (Å²) in [6.07, 6.45) is 0. The number of hydrogen-bond donors (Lipinski definition) is 0. The van der Waals surface area contributed by atoms with E-state index in [4.69, 9.17) is 33.4 Å². The Morgan fingerprint density at radius 2 is 1.27 bits per heavy atom. The monoisotopic (exact) mass is 495 g/mol. The Balaban J connectivity index is 1.59. The molecule has 0 fully saturated rings. The molecule has 1 spiro atoms. The first-order valence-corrected chi connectivity index (χ1v) is 11.9. The van der Waals surface area contributed by atoms with Gasteiger partial charge in [-0.3, -0.25) is 0 Å². The number of hydrogen-bond acceptors (Lipinski definition) is 7. The van der Waals surface area contributed by atoms with Crippen LogP contribution in [-0.2, 0) is 19.8 Å². The predicted octanol–water partition coefficient (Wildman–Crippen LogP) is 6.16. The van der Waals surface area contributed by atoms with Crippen LogP contribution in [0.5, 0.6) is 23.0 Å². The zero-order valence-electron chi connectivity index (χ0n) is 20.5. The molecule has 0 aromatic heterocycles. The minimum atomic E-state index is -1.02. The van der Waals surface area contributed by atoms with Gasteiger partial charge in [-0.15, -0.1) is 0 Å². The maximum absolute atomic E-state index is 6.96. The van der Waals surface area contributed by atoms with Crippen molar-refractivity contribution in [3.05, 3.63) is 113 Å². The number of ether oxygens (including phenoxy) is 6. The van der Waals surface area contributed by atoms with Crippen molar-refractivity contribution in [2.75, 3.05) is 27.8 Å². The van der Waals surface area contributed by atoms with E-state index in [1.165, 1.54) is 0 Å². The lowest BCUT2D eigenvalue weighted by Gasteiger charge is -2.43. The van der Waals surface area contributed by atoms with Crippen molar-refractivity contribution in [1.29, 1.82) is 0 Å². The minimum Gasteiger partial charge on any atom is -0.467 e. The highest BCUT2D eigenvalue weighted by Crippen LogP contribution is 2.57. The van der Waals surface area contributed by atoms with E-state index in [0.717, 1.165) is 27.9 Å². The van der Waals surface area contributed by atoms with Gasteiger partial charge in [0.2, 0.25) is 5.90 Å². The van der Waals surface area contributed by atoms with Crippen molar-refractivity contribution in [1.82, 2.24) is 0 Å². The van der Waals surface area contributed by atoms with Gasteiger partial charge in [0.25, 0.3) is 0 Å². The summed E-state index contributed by atoms with van der Waals surface area (Å²) in [6, 6.07) is 29.4. The fourth-order valence-corrected chi connectivity index (χ4v) is 4.76. The Morgan fingerprint density at radius 3 is 1.89 bits per heavy atom. The first-order chi connectivity index (χ1) is 18.2. The molecule has 186 valence electrons. The zero-order valence-corrected chi connectivity index (χ0v) is 20.5. The fraction of sp³-hybridized carbons (Fsp3) is 0.167. The highest BCUT2D eigenvalue weighted by Gasteiger charge is 2.50. The highest BCUT2D eigenvalue weighted by molar-refractivity contribution is 5.98. The molecule has 4 aromatic carbocycles. The van der Waals surface area contributed by atoms with E-state index in [-0.39, 0.29) is 13.6 Å². The average molecular weight is 496 g/mol. The van der Waals surface area contributed by atoms with Crippen molar-refractivity contribution in [2.24, 2.45) is 4.99 Å². The molecule has 4 aromatic rings. The van der Waals surface area contributed by atoms with E-state index in [0.29, 0.717) is 28.9 Å². The Hall–Kier alpha value is -4.33. The first kappa shape index (κ1) is 23.1. The summed E-state index contributed by atoms with van der Waals surface area (Å²) in [7, 11) is 3.16. The lowest BCUT2D eigenvalue weighted by atomic mass is 9.76. The van der Waals surface area contributed by atoms with Crippen LogP contribution in [0.4, 0.5) is 5.69 Å². The third-order valence-corrected chi connectivity index (χ3v) is 6.35. The first-order valence-electron chi connectivity index (χ1n) is 11.9. The minimum absolute atomic E-state index is 0.125. The van der Waals surface area contributed by atoms with E-state index < -0.39 is 5.60 Å². The topological polar surface area (TPSA) is 67.7 Å². The van der Waals surface area contributed by atoms with Crippen LogP contribution in [0.2, 0.25) is 0 Å². The Bertz CT molecular complexity index is 1410. The molecular weight excluding hydrogens is 470 g/mol. The van der Waals surface area contributed by atoms with Gasteiger partial charge in [-0.05, 0) is 42.5 Å². The Labute approximate surface area is 214 Å². The lowest BCUT2D eigenvalue weighted by Crippen LogP contribution is -2.40. The summed E-state index contributed by atoms with van der Waals surface area (Å²) >= 11 is 0. The van der Waals surface area contributed by atoms with E-state index in [9.17, 15) is 0 Å². The second kappa shape index (κ2) is 9.61. The van der Waals surface area contributed by atoms with E-state index >= 15 is 0 Å². The predicted molar refractivity (Wildman–Crippen MR) is 138 cm³/mol. The number of rotatable bonds is 7. The van der Waals surface area contributed by atoms with Crippen LogP contribution >= 0.6 is 0 Å². The summed E-state index contributed by atoms with van der Waals surface area (Å²) in [5, 5.41) is 0. The van der Waals surface area contributed by atoms with E-state index in [1.54, 1.807) is 14.2 Å². The van der Waals surface area contributed by atoms with Crippen LogP contribution in [0.1, 0.15) is 22.3 Å². The molecule has 6 rings (SSSR count). The maximum Gasteiger partial charge on any atom is 0.222 e. The molecule has 7 nitrogen and oxygen atoms in total. The molecule has 0 aliphatic carbocycles. The van der Waals surface area contributed by atoms with Gasteiger partial charge in [0.1, 0.15) is 23.0 Å². The molecular formula is C30H25NO6. The SMILES string of the molecule is COCOc1ccc2c(c1)Oc1cc(OCOC)ccc1C21OC(c2ccccc2)=Nc2ccccc21. The van der Waals surface area contributed by atoms with Crippen LogP contribution in [0, 0.1) is 0 Å². The second-order valence-electron chi connectivity index (χ2n) is 8.60. The number of nitrogens with zero attached hydrogens (tertiary/aromatic N) is 1. The summed E-state index contributed by atoms with van der Waals surface area (Å²) in [6.45, 7) is 0.249. The van der Waals surface area contributed by atoms with Gasteiger partial charge in [-0.2, -0.15) is 0 Å². The lowest BCUT2D eigenvalue weighted by molar-refractivity contribution is 0.0506. The van der Waals surface area contributed by atoms with Gasteiger partial charge >= 0.3 is 0 Å². The van der Waals surface area contributed by atoms with Gasteiger partial charge in [0.15, 0.2) is 19.2 Å². The standard InChI is InChI=1S/C30H25NO6/c1-32-18-34-21-12-14-24-27(16-21)36-28-17-22(35-19-33-2)13-15-25(28)30(24)23-10-6-7-11-26(23)31-29(37-30)20-8-4-3-5-9-20/h3-17H,18-19H2,1-2H3. The second-order valence-corrected chi connectivity index (χ2v) is 8.60. The van der Waals surface area contributed by atoms with Crippen molar-refractivity contribution in [2.45, 2.75) is 5.60 Å². The molecule has 7 heteroatoms. The van der Waals surface area contributed by atoms with Gasteiger partial charge in [0.05, 0.1) is 5.69 Å². The van der Waals surface area contributed by atoms with Crippen LogP contribution in [0.25, 0.3) is 0 Å². The van der Waals surface area contributed by atoms with Gasteiger partial charge in [-0.1, -0.05) is 36.4 Å². The maximum atomic E-state index is 6.96. The van der Waals surface area contributed by atoms with Crippen molar-refractivity contribution >= 4 is 11.6 Å². The molecule has 0 amide bonds.